The molecule has 3 rings (SSSR count). The fourth-order valence-corrected chi connectivity index (χ4v) is 3.91. The van der Waals surface area contributed by atoms with Crippen molar-refractivity contribution in [1.82, 2.24) is 20.2 Å². The number of nitrogens with one attached hydrogen (secondary N) is 3. The van der Waals surface area contributed by atoms with E-state index in [1.807, 2.05) is 17.9 Å². The number of carbonyl (C=O) groups is 3. The number of pyridine rings is 1. The van der Waals surface area contributed by atoms with E-state index in [-0.39, 0.29) is 24.9 Å². The normalized spacial score (nSPS) is 13.4. The zero-order chi connectivity index (χ0) is 27.7. The summed E-state index contributed by atoms with van der Waals surface area (Å²) in [5, 5.41) is 23.4. The number of ether oxygens (including phenoxy) is 1. The number of methoxy groups -OCH3 is 1. The van der Waals surface area contributed by atoms with E-state index in [9.17, 15) is 14.4 Å². The summed E-state index contributed by atoms with van der Waals surface area (Å²) in [6.45, 7) is 6.68. The van der Waals surface area contributed by atoms with Crippen molar-refractivity contribution in [3.8, 4) is 5.75 Å². The number of amides is 3. The van der Waals surface area contributed by atoms with Crippen LogP contribution in [0.5, 0.6) is 5.75 Å². The summed E-state index contributed by atoms with van der Waals surface area (Å²) >= 11 is 0. The third-order valence-corrected chi connectivity index (χ3v) is 5.82. The Kier molecular flexibility index (Phi) is 9.85. The number of aryl methyl sites for hydroxylation is 1. The predicted octanol–water partition coefficient (Wildman–Crippen LogP) is 3.07. The van der Waals surface area contributed by atoms with Crippen LogP contribution in [-0.4, -0.2) is 70.7 Å². The number of carbonyl (C=O) groups excluding carboxylic acids is 2. The molecule has 0 radical (unpaired) electrons. The topological polar surface area (TPSA) is 148 Å². The predicted molar refractivity (Wildman–Crippen MR) is 144 cm³/mol. The first kappa shape index (κ1) is 28.2. The number of rotatable bonds is 12. The summed E-state index contributed by atoms with van der Waals surface area (Å²) in [5.74, 6) is 0.127. The zero-order valence-corrected chi connectivity index (χ0v) is 22.1. The van der Waals surface area contributed by atoms with Gasteiger partial charge in [0.1, 0.15) is 30.7 Å². The quantitative estimate of drug-likeness (QED) is 0.330. The van der Waals surface area contributed by atoms with Gasteiger partial charge in [-0.05, 0) is 48.6 Å². The smallest absolute Gasteiger partial charge is 0.324 e. The molecule has 4 N–H and O–H groups in total. The largest absolute Gasteiger partial charge is 0.495 e. The van der Waals surface area contributed by atoms with Crippen molar-refractivity contribution in [2.24, 2.45) is 11.0 Å². The SMILES string of the molecule is COc1cc(CC(=O)NC(CC(C)C)N2C=NN(CCC(=O)O)C2)ccc1NC(=O)Nc1ncccc1C. The fourth-order valence-electron chi connectivity index (χ4n) is 3.91. The third-order valence-electron chi connectivity index (χ3n) is 5.82. The van der Waals surface area contributed by atoms with Gasteiger partial charge in [0, 0.05) is 12.7 Å². The second-order valence-electron chi connectivity index (χ2n) is 9.43. The lowest BCUT2D eigenvalue weighted by atomic mass is 10.1. The van der Waals surface area contributed by atoms with Crippen molar-refractivity contribution in [2.75, 3.05) is 31.0 Å². The molecular formula is C26H35N7O5. The van der Waals surface area contributed by atoms with Gasteiger partial charge in [0.2, 0.25) is 5.91 Å². The second-order valence-corrected chi connectivity index (χ2v) is 9.43. The van der Waals surface area contributed by atoms with Crippen LogP contribution in [0, 0.1) is 12.8 Å². The van der Waals surface area contributed by atoms with Crippen LogP contribution in [0.4, 0.5) is 16.3 Å². The number of anilines is 2. The van der Waals surface area contributed by atoms with Crippen LogP contribution >= 0.6 is 0 Å². The molecule has 1 aromatic heterocycles. The van der Waals surface area contributed by atoms with E-state index in [2.05, 4.69) is 39.9 Å². The van der Waals surface area contributed by atoms with Gasteiger partial charge >= 0.3 is 12.0 Å². The van der Waals surface area contributed by atoms with Crippen LogP contribution in [0.1, 0.15) is 37.8 Å². The van der Waals surface area contributed by atoms with Crippen molar-refractivity contribution >= 4 is 35.8 Å². The monoisotopic (exact) mass is 525 g/mol. The first-order valence-corrected chi connectivity index (χ1v) is 12.4. The van der Waals surface area contributed by atoms with Gasteiger partial charge in [-0.15, -0.1) is 0 Å². The highest BCUT2D eigenvalue weighted by Crippen LogP contribution is 2.26. The number of carboxylic acids is 1. The van der Waals surface area contributed by atoms with Gasteiger partial charge in [-0.2, -0.15) is 5.10 Å². The molecule has 1 aliphatic heterocycles. The van der Waals surface area contributed by atoms with Gasteiger partial charge in [0.15, 0.2) is 0 Å². The molecule has 0 saturated carbocycles. The molecular weight excluding hydrogens is 490 g/mol. The number of aromatic nitrogens is 1. The van der Waals surface area contributed by atoms with Gasteiger partial charge in [0.25, 0.3) is 0 Å². The van der Waals surface area contributed by atoms with Crippen molar-refractivity contribution in [1.29, 1.82) is 0 Å². The molecule has 12 nitrogen and oxygen atoms in total. The van der Waals surface area contributed by atoms with Crippen LogP contribution < -0.4 is 20.7 Å². The average molecular weight is 526 g/mol. The summed E-state index contributed by atoms with van der Waals surface area (Å²) < 4.78 is 5.45. The van der Waals surface area contributed by atoms with Crippen LogP contribution in [0.15, 0.2) is 41.6 Å². The molecule has 38 heavy (non-hydrogen) atoms. The van der Waals surface area contributed by atoms with Gasteiger partial charge in [-0.3, -0.25) is 19.9 Å². The number of hydrogen-bond donors (Lipinski definition) is 4. The Labute approximate surface area is 222 Å². The summed E-state index contributed by atoms with van der Waals surface area (Å²) in [7, 11) is 1.49. The highest BCUT2D eigenvalue weighted by molar-refractivity contribution is 6.00. The van der Waals surface area contributed by atoms with Crippen molar-refractivity contribution in [3.05, 3.63) is 47.7 Å². The first-order chi connectivity index (χ1) is 18.1. The maximum absolute atomic E-state index is 13.0. The summed E-state index contributed by atoms with van der Waals surface area (Å²) in [5.41, 5.74) is 2.00. The molecule has 2 aromatic rings. The molecule has 1 aromatic carbocycles. The van der Waals surface area contributed by atoms with E-state index in [0.717, 1.165) is 5.56 Å². The standard InChI is InChI=1S/C26H35N7O5/c1-17(2)12-22(32-15-28-33(16-32)11-9-24(35)36)30-23(34)14-19-7-8-20(21(13-19)38-4)29-26(37)31-25-18(3)6-5-10-27-25/h5-8,10,13,15,17,22H,9,11-12,14,16H2,1-4H3,(H,30,34)(H,35,36)(H2,27,29,31,37). The Morgan fingerprint density at radius 2 is 1.97 bits per heavy atom. The van der Waals surface area contributed by atoms with Crippen LogP contribution in [-0.2, 0) is 16.0 Å². The summed E-state index contributed by atoms with van der Waals surface area (Å²) in [6, 6.07) is 8.33. The maximum atomic E-state index is 13.0. The van der Waals surface area contributed by atoms with Gasteiger partial charge in [0.05, 0.1) is 25.6 Å². The van der Waals surface area contributed by atoms with Crippen LogP contribution in [0.25, 0.3) is 0 Å². The van der Waals surface area contributed by atoms with E-state index in [0.29, 0.717) is 48.4 Å². The Bertz CT molecular complexity index is 1170. The van der Waals surface area contributed by atoms with E-state index >= 15 is 0 Å². The number of carboxylic acid groups (broad SMARTS) is 1. The number of hydrogen-bond acceptors (Lipinski definition) is 8. The number of hydrazone groups is 1. The summed E-state index contributed by atoms with van der Waals surface area (Å²) in [4.78, 5) is 42.3. The molecule has 12 heteroatoms. The Balaban J connectivity index is 1.60. The Morgan fingerprint density at radius 3 is 2.66 bits per heavy atom. The molecule has 1 aliphatic rings. The molecule has 0 spiro atoms. The Hall–Kier alpha value is -4.35. The molecule has 0 saturated heterocycles. The van der Waals surface area contributed by atoms with Gasteiger partial charge < -0.3 is 25.4 Å². The van der Waals surface area contributed by atoms with Crippen molar-refractivity contribution in [3.63, 3.8) is 0 Å². The molecule has 3 amide bonds. The zero-order valence-electron chi connectivity index (χ0n) is 22.1. The van der Waals surface area contributed by atoms with Gasteiger partial charge in [-0.25, -0.2) is 9.78 Å². The Morgan fingerprint density at radius 1 is 1.18 bits per heavy atom. The number of benzene rings is 1. The van der Waals surface area contributed by atoms with E-state index in [1.54, 1.807) is 41.8 Å². The molecule has 204 valence electrons. The van der Waals surface area contributed by atoms with E-state index in [1.165, 1.54) is 7.11 Å². The molecule has 1 atom stereocenters. The minimum Gasteiger partial charge on any atom is -0.495 e. The lowest BCUT2D eigenvalue weighted by molar-refractivity contribution is -0.137. The second kappa shape index (κ2) is 13.3. The first-order valence-electron chi connectivity index (χ1n) is 12.4. The number of aliphatic carboxylic acids is 1. The molecule has 1 unspecified atom stereocenters. The lowest BCUT2D eigenvalue weighted by Gasteiger charge is -2.30. The number of urea groups is 1. The molecule has 0 aliphatic carbocycles. The van der Waals surface area contributed by atoms with Crippen molar-refractivity contribution < 1.29 is 24.2 Å². The van der Waals surface area contributed by atoms with Crippen molar-refractivity contribution in [2.45, 2.75) is 46.2 Å². The van der Waals surface area contributed by atoms with Crippen LogP contribution in [0.2, 0.25) is 0 Å². The molecule has 0 bridgehead atoms. The minimum atomic E-state index is -0.883. The fraction of sp³-hybridized carbons (Fsp3) is 0.423. The van der Waals surface area contributed by atoms with E-state index in [4.69, 9.17) is 9.84 Å². The third kappa shape index (κ3) is 8.36. The average Bonchev–Trinajstić information content (AvgIpc) is 3.33. The minimum absolute atomic E-state index is 0.0104. The number of nitrogens with zero attached hydrogens (tertiary/aromatic N) is 4. The highest BCUT2D eigenvalue weighted by atomic mass is 16.5. The molecule has 2 heterocycles. The maximum Gasteiger partial charge on any atom is 0.324 e. The van der Waals surface area contributed by atoms with Crippen LogP contribution in [0.3, 0.4) is 0 Å². The van der Waals surface area contributed by atoms with E-state index < -0.39 is 12.0 Å². The lowest BCUT2D eigenvalue weighted by Crippen LogP contribution is -2.49. The van der Waals surface area contributed by atoms with Gasteiger partial charge in [-0.1, -0.05) is 26.0 Å². The summed E-state index contributed by atoms with van der Waals surface area (Å²) in [6.07, 6.45) is 3.74. The highest BCUT2D eigenvalue weighted by Gasteiger charge is 2.25. The molecule has 0 fully saturated rings.